The zero-order chi connectivity index (χ0) is 32.4. The van der Waals surface area contributed by atoms with Crippen LogP contribution in [0.25, 0.3) is 10.9 Å². The van der Waals surface area contributed by atoms with Crippen LogP contribution >= 0.6 is 0 Å². The topological polar surface area (TPSA) is 113 Å². The Morgan fingerprint density at radius 2 is 1.84 bits per heavy atom. The molecular weight excluding hydrogens is 588 g/mol. The van der Waals surface area contributed by atoms with E-state index in [2.05, 4.69) is 10.6 Å². The van der Waals surface area contributed by atoms with Crippen LogP contribution in [0.2, 0.25) is 0 Å². The molecule has 0 aliphatic carbocycles. The van der Waals surface area contributed by atoms with Crippen LogP contribution in [0.1, 0.15) is 54.2 Å². The predicted octanol–water partition coefficient (Wildman–Crippen LogP) is 4.52. The standard InChI is InChI=1S/C35H44N4O5S/c1-6-25-23-38(4)33-29(25)19-26(20-31(33)39-16-11-17-45(39,42)43)34(41)37-30(18-24-12-8-7-9-13-24)32(40)22-36-35(2,3)27-14-10-15-28(21-27)44-5/h7-10,12-15,19-21,23,30,32,36,40H,6,11,16-18,22H2,1-5H3,(H,37,41)/t30-,32+/m0/s1. The number of aryl methyl sites for hydroxylation is 2. The average molecular weight is 633 g/mol. The third-order valence-corrected chi connectivity index (χ3v) is 10.6. The molecule has 5 rings (SSSR count). The molecule has 3 N–H and O–H groups in total. The summed E-state index contributed by atoms with van der Waals surface area (Å²) in [5.74, 6) is 0.466. The Hall–Kier alpha value is -3.86. The fourth-order valence-corrected chi connectivity index (χ4v) is 7.69. The first-order valence-corrected chi connectivity index (χ1v) is 17.1. The first kappa shape index (κ1) is 32.5. The number of hydrogen-bond acceptors (Lipinski definition) is 6. The molecule has 9 nitrogen and oxygen atoms in total. The lowest BCUT2D eigenvalue weighted by atomic mass is 9.93. The second-order valence-electron chi connectivity index (χ2n) is 12.3. The monoisotopic (exact) mass is 632 g/mol. The van der Waals surface area contributed by atoms with E-state index in [-0.39, 0.29) is 18.2 Å². The van der Waals surface area contributed by atoms with Crippen LogP contribution in [0.4, 0.5) is 5.69 Å². The summed E-state index contributed by atoms with van der Waals surface area (Å²) < 4.78 is 34.8. The highest BCUT2D eigenvalue weighted by Gasteiger charge is 2.32. The summed E-state index contributed by atoms with van der Waals surface area (Å²) in [5.41, 5.74) is 4.19. The van der Waals surface area contributed by atoms with Gasteiger partial charge in [-0.1, -0.05) is 49.4 Å². The number of nitrogens with one attached hydrogen (secondary N) is 2. The maximum atomic E-state index is 14.0. The van der Waals surface area contributed by atoms with Crippen LogP contribution < -0.4 is 19.7 Å². The molecule has 2 atom stereocenters. The van der Waals surface area contributed by atoms with Crippen molar-refractivity contribution < 1.29 is 23.1 Å². The first-order valence-electron chi connectivity index (χ1n) is 15.5. The second kappa shape index (κ2) is 13.2. The minimum Gasteiger partial charge on any atom is -0.497 e. The number of amides is 1. The van der Waals surface area contributed by atoms with Gasteiger partial charge in [0.25, 0.3) is 5.91 Å². The van der Waals surface area contributed by atoms with Gasteiger partial charge in [-0.2, -0.15) is 0 Å². The number of methoxy groups -OCH3 is 1. The summed E-state index contributed by atoms with van der Waals surface area (Å²) in [6, 6.07) is 20.4. The largest absolute Gasteiger partial charge is 0.497 e. The lowest BCUT2D eigenvalue weighted by Crippen LogP contribution is -2.51. The highest BCUT2D eigenvalue weighted by molar-refractivity contribution is 7.93. The smallest absolute Gasteiger partial charge is 0.251 e. The van der Waals surface area contributed by atoms with E-state index >= 15 is 0 Å². The normalized spacial score (nSPS) is 16.1. The Balaban J connectivity index is 1.45. The van der Waals surface area contributed by atoms with Crippen LogP contribution in [0.15, 0.2) is 72.9 Å². The zero-order valence-corrected chi connectivity index (χ0v) is 27.5. The van der Waals surface area contributed by atoms with Crippen LogP contribution in [0.3, 0.4) is 0 Å². The number of benzene rings is 3. The van der Waals surface area contributed by atoms with Crippen molar-refractivity contribution in [3.8, 4) is 5.75 Å². The van der Waals surface area contributed by atoms with Crippen molar-refractivity contribution in [2.24, 2.45) is 7.05 Å². The van der Waals surface area contributed by atoms with E-state index in [1.165, 1.54) is 4.31 Å². The molecule has 10 heteroatoms. The van der Waals surface area contributed by atoms with Gasteiger partial charge in [0.05, 0.1) is 36.2 Å². The molecule has 1 amide bonds. The number of hydrogen-bond donors (Lipinski definition) is 3. The number of sulfonamides is 1. The molecule has 0 unspecified atom stereocenters. The Morgan fingerprint density at radius 1 is 1.09 bits per heavy atom. The van der Waals surface area contributed by atoms with Crippen LogP contribution in [-0.2, 0) is 35.5 Å². The molecule has 2 heterocycles. The molecular formula is C35H44N4O5S. The van der Waals surface area contributed by atoms with E-state index in [0.29, 0.717) is 30.6 Å². The molecule has 1 fully saturated rings. The lowest BCUT2D eigenvalue weighted by Gasteiger charge is -2.31. The second-order valence-corrected chi connectivity index (χ2v) is 14.3. The molecule has 0 spiro atoms. The number of rotatable bonds is 12. The van der Waals surface area contributed by atoms with Gasteiger partial charge in [0.15, 0.2) is 0 Å². The minimum atomic E-state index is -3.48. The van der Waals surface area contributed by atoms with Crippen LogP contribution in [0, 0.1) is 0 Å². The third-order valence-electron chi connectivity index (χ3n) is 8.77. The lowest BCUT2D eigenvalue weighted by molar-refractivity contribution is 0.0814. The van der Waals surface area contributed by atoms with Gasteiger partial charge in [-0.05, 0) is 74.1 Å². The maximum Gasteiger partial charge on any atom is 0.251 e. The van der Waals surface area contributed by atoms with Gasteiger partial charge in [-0.3, -0.25) is 9.10 Å². The third kappa shape index (κ3) is 7.03. The first-order chi connectivity index (χ1) is 21.4. The van der Waals surface area contributed by atoms with Gasteiger partial charge < -0.3 is 25.0 Å². The number of aromatic nitrogens is 1. The van der Waals surface area contributed by atoms with Crippen LogP contribution in [0.5, 0.6) is 5.75 Å². The molecule has 1 saturated heterocycles. The van der Waals surface area contributed by atoms with Crippen molar-refractivity contribution >= 4 is 32.5 Å². The molecule has 0 saturated carbocycles. The van der Waals surface area contributed by atoms with E-state index in [1.807, 2.05) is 99.2 Å². The van der Waals surface area contributed by atoms with Crippen molar-refractivity contribution in [3.63, 3.8) is 0 Å². The summed E-state index contributed by atoms with van der Waals surface area (Å²) in [7, 11) is 0.0511. The van der Waals surface area contributed by atoms with Crippen molar-refractivity contribution in [2.45, 2.75) is 57.7 Å². The van der Waals surface area contributed by atoms with Gasteiger partial charge in [0, 0.05) is 42.8 Å². The van der Waals surface area contributed by atoms with E-state index in [0.717, 1.165) is 39.8 Å². The molecule has 45 heavy (non-hydrogen) atoms. The Labute approximate surface area is 266 Å². The number of ether oxygens (including phenoxy) is 1. The predicted molar refractivity (Wildman–Crippen MR) is 179 cm³/mol. The molecule has 240 valence electrons. The maximum absolute atomic E-state index is 14.0. The molecule has 0 bridgehead atoms. The SMILES string of the molecule is CCc1cn(C)c2c(N3CCCS3(=O)=O)cc(C(=O)N[C@@H](Cc3ccccc3)[C@H](O)CNC(C)(C)c3cccc(OC)c3)cc12. The summed E-state index contributed by atoms with van der Waals surface area (Å²) in [6.07, 6.45) is 2.75. The Bertz CT molecular complexity index is 1770. The van der Waals surface area contributed by atoms with E-state index in [1.54, 1.807) is 13.2 Å². The van der Waals surface area contributed by atoms with Crippen LogP contribution in [-0.4, -0.2) is 62.1 Å². The molecule has 4 aromatic rings. The minimum absolute atomic E-state index is 0.0838. The van der Waals surface area contributed by atoms with Crippen molar-refractivity contribution in [3.05, 3.63) is 95.2 Å². The van der Waals surface area contributed by atoms with Crippen molar-refractivity contribution in [1.82, 2.24) is 15.2 Å². The average Bonchev–Trinajstić information content (AvgIpc) is 3.56. The van der Waals surface area contributed by atoms with E-state index in [9.17, 15) is 18.3 Å². The van der Waals surface area contributed by atoms with Crippen molar-refractivity contribution in [2.75, 3.05) is 30.3 Å². The van der Waals surface area contributed by atoms with E-state index in [4.69, 9.17) is 4.74 Å². The quantitative estimate of drug-likeness (QED) is 0.212. The number of carbonyl (C=O) groups excluding carboxylic acids is 1. The molecule has 1 aliphatic rings. The van der Waals surface area contributed by atoms with Crippen molar-refractivity contribution in [1.29, 1.82) is 0 Å². The molecule has 1 aliphatic heterocycles. The summed E-state index contributed by atoms with van der Waals surface area (Å²) in [6.45, 7) is 6.71. The number of aliphatic hydroxyl groups excluding tert-OH is 1. The summed E-state index contributed by atoms with van der Waals surface area (Å²) in [4.78, 5) is 14.0. The number of fused-ring (bicyclic) bond motifs is 1. The fraction of sp³-hybridized carbons (Fsp3) is 0.400. The van der Waals surface area contributed by atoms with Gasteiger partial charge >= 0.3 is 0 Å². The summed E-state index contributed by atoms with van der Waals surface area (Å²) >= 11 is 0. The van der Waals surface area contributed by atoms with Gasteiger partial charge in [0.2, 0.25) is 10.0 Å². The van der Waals surface area contributed by atoms with E-state index < -0.39 is 27.7 Å². The fourth-order valence-electron chi connectivity index (χ4n) is 6.13. The molecule has 0 radical (unpaired) electrons. The number of aliphatic hydroxyl groups is 1. The van der Waals surface area contributed by atoms with Gasteiger partial charge in [0.1, 0.15) is 5.75 Å². The number of anilines is 1. The Kier molecular flexibility index (Phi) is 9.57. The highest BCUT2D eigenvalue weighted by atomic mass is 32.2. The zero-order valence-electron chi connectivity index (χ0n) is 26.7. The number of nitrogens with zero attached hydrogens (tertiary/aromatic N) is 2. The summed E-state index contributed by atoms with van der Waals surface area (Å²) in [5, 5.41) is 19.0. The van der Waals surface area contributed by atoms with Gasteiger partial charge in [-0.25, -0.2) is 8.42 Å². The molecule has 1 aromatic heterocycles. The molecule has 3 aromatic carbocycles. The Morgan fingerprint density at radius 3 is 2.51 bits per heavy atom. The van der Waals surface area contributed by atoms with Gasteiger partial charge in [-0.15, -0.1) is 0 Å². The highest BCUT2D eigenvalue weighted by Crippen LogP contribution is 2.36. The number of carbonyl (C=O) groups is 1.